The van der Waals surface area contributed by atoms with Crippen LogP contribution in [0.1, 0.15) is 35.8 Å². The molecule has 2 aliphatic heterocycles. The van der Waals surface area contributed by atoms with Gasteiger partial charge in [0.05, 0.1) is 12.3 Å². The van der Waals surface area contributed by atoms with E-state index in [-0.39, 0.29) is 13.2 Å². The fourth-order valence-electron chi connectivity index (χ4n) is 3.50. The standard InChI is InChI=1S/C18H20FN2O7P/c1-10-5-11(2)16-12(6-10)8-25-29(24,28-16)26-9-13-3-4-15(27-13)21-7-14(19)17(22)20-18(21)23/h5-7,13,15,24H,3-4,8-9H2,1-2H3/p+1. The summed E-state index contributed by atoms with van der Waals surface area (Å²) in [6.45, 7) is 3.99. The fourth-order valence-corrected chi connectivity index (χ4v) is 4.83. The van der Waals surface area contributed by atoms with Gasteiger partial charge in [0, 0.05) is 5.56 Å². The van der Waals surface area contributed by atoms with Gasteiger partial charge in [0.15, 0.2) is 5.75 Å². The molecule has 0 saturated carbocycles. The van der Waals surface area contributed by atoms with Crippen LogP contribution in [0.2, 0.25) is 0 Å². The van der Waals surface area contributed by atoms with E-state index in [1.165, 1.54) is 0 Å². The summed E-state index contributed by atoms with van der Waals surface area (Å²) in [5, 5.41) is 0. The van der Waals surface area contributed by atoms with E-state index in [0.717, 1.165) is 27.5 Å². The summed E-state index contributed by atoms with van der Waals surface area (Å²) < 4.78 is 36.8. The van der Waals surface area contributed by atoms with Crippen LogP contribution in [0.25, 0.3) is 0 Å². The lowest BCUT2D eigenvalue weighted by atomic mass is 10.1. The second-order valence-electron chi connectivity index (χ2n) is 7.13. The van der Waals surface area contributed by atoms with E-state index < -0.39 is 37.6 Å². The number of hydrogen-bond acceptors (Lipinski definition) is 7. The van der Waals surface area contributed by atoms with Gasteiger partial charge in [-0.15, -0.1) is 9.05 Å². The molecule has 0 bridgehead atoms. The predicted molar refractivity (Wildman–Crippen MR) is 101 cm³/mol. The molecule has 3 heterocycles. The molecule has 2 aromatic rings. The smallest absolute Gasteiger partial charge is 0.352 e. The van der Waals surface area contributed by atoms with Gasteiger partial charge < -0.3 is 4.74 Å². The number of H-pyrrole nitrogens is 1. The van der Waals surface area contributed by atoms with E-state index in [9.17, 15) is 18.9 Å². The van der Waals surface area contributed by atoms with Crippen molar-refractivity contribution in [2.45, 2.75) is 45.6 Å². The van der Waals surface area contributed by atoms with Gasteiger partial charge in [-0.2, -0.15) is 9.28 Å². The molecule has 156 valence electrons. The van der Waals surface area contributed by atoms with Crippen molar-refractivity contribution in [2.24, 2.45) is 0 Å². The number of ether oxygens (including phenoxy) is 1. The third-order valence-electron chi connectivity index (χ3n) is 4.83. The van der Waals surface area contributed by atoms with Crippen molar-refractivity contribution in [1.29, 1.82) is 0 Å². The lowest BCUT2D eigenvalue weighted by Gasteiger charge is -2.24. The molecule has 1 saturated heterocycles. The maximum atomic E-state index is 13.5. The molecule has 11 heteroatoms. The molecular weight excluding hydrogens is 406 g/mol. The van der Waals surface area contributed by atoms with E-state index in [1.807, 2.05) is 31.0 Å². The van der Waals surface area contributed by atoms with Gasteiger partial charge in [0.2, 0.25) is 5.82 Å². The summed E-state index contributed by atoms with van der Waals surface area (Å²) in [5.74, 6) is -0.514. The number of aryl methyl sites for hydroxylation is 2. The van der Waals surface area contributed by atoms with Crippen LogP contribution < -0.4 is 15.8 Å². The van der Waals surface area contributed by atoms with Gasteiger partial charge in [-0.05, 0) is 38.3 Å². The Hall–Kier alpha value is -2.10. The molecule has 1 fully saturated rings. The van der Waals surface area contributed by atoms with Gasteiger partial charge in [0.1, 0.15) is 19.4 Å². The first-order chi connectivity index (χ1) is 13.7. The zero-order chi connectivity index (χ0) is 20.8. The van der Waals surface area contributed by atoms with Gasteiger partial charge in [0.25, 0.3) is 5.56 Å². The van der Waals surface area contributed by atoms with E-state index in [1.54, 1.807) is 0 Å². The zero-order valence-corrected chi connectivity index (χ0v) is 16.8. The third kappa shape index (κ3) is 4.12. The Morgan fingerprint density at radius 1 is 1.34 bits per heavy atom. The Labute approximate surface area is 165 Å². The molecule has 4 rings (SSSR count). The second kappa shape index (κ2) is 7.62. The first-order valence-corrected chi connectivity index (χ1v) is 10.6. The molecule has 29 heavy (non-hydrogen) atoms. The SMILES string of the molecule is Cc1cc(C)c2c(c1)CO[P+](O)(OCC1CCC(n3cc(F)c(=O)[nH]c3=O)O1)O2. The zero-order valence-electron chi connectivity index (χ0n) is 15.9. The molecule has 3 unspecified atom stereocenters. The molecule has 0 spiro atoms. The highest BCUT2D eigenvalue weighted by atomic mass is 31.2. The van der Waals surface area contributed by atoms with Crippen LogP contribution in [0.5, 0.6) is 5.75 Å². The van der Waals surface area contributed by atoms with Crippen molar-refractivity contribution in [3.63, 3.8) is 0 Å². The Bertz CT molecular complexity index is 1060. The maximum absolute atomic E-state index is 13.5. The average molecular weight is 427 g/mol. The number of aromatic nitrogens is 2. The number of halogens is 1. The van der Waals surface area contributed by atoms with E-state index in [4.69, 9.17) is 18.3 Å². The number of rotatable bonds is 4. The van der Waals surface area contributed by atoms with Crippen LogP contribution in [-0.4, -0.2) is 27.2 Å². The quantitative estimate of drug-likeness (QED) is 0.720. The van der Waals surface area contributed by atoms with E-state index in [2.05, 4.69) is 0 Å². The lowest BCUT2D eigenvalue weighted by Crippen LogP contribution is -2.34. The van der Waals surface area contributed by atoms with Crippen LogP contribution in [0.15, 0.2) is 27.9 Å². The molecule has 2 N–H and O–H groups in total. The predicted octanol–water partition coefficient (Wildman–Crippen LogP) is 2.27. The minimum absolute atomic E-state index is 0.0262. The molecule has 9 nitrogen and oxygen atoms in total. The van der Waals surface area contributed by atoms with Crippen molar-refractivity contribution in [3.05, 3.63) is 61.7 Å². The van der Waals surface area contributed by atoms with Gasteiger partial charge >= 0.3 is 13.9 Å². The Kier molecular flexibility index (Phi) is 5.30. The largest absolute Gasteiger partial charge is 0.619 e. The summed E-state index contributed by atoms with van der Waals surface area (Å²) in [6.07, 6.45) is 0.546. The summed E-state index contributed by atoms with van der Waals surface area (Å²) in [5.41, 5.74) is 0.954. The third-order valence-corrected chi connectivity index (χ3v) is 6.17. The van der Waals surface area contributed by atoms with Crippen LogP contribution in [-0.2, 0) is 20.4 Å². The number of aromatic amines is 1. The van der Waals surface area contributed by atoms with Crippen molar-refractivity contribution >= 4 is 8.17 Å². The molecule has 0 aliphatic carbocycles. The number of nitrogens with one attached hydrogen (secondary N) is 1. The molecular formula is C18H21FN2O7P+. The molecule has 1 aromatic carbocycles. The molecule has 0 radical (unpaired) electrons. The summed E-state index contributed by atoms with van der Waals surface area (Å²) in [4.78, 5) is 35.5. The van der Waals surface area contributed by atoms with Crippen molar-refractivity contribution in [2.75, 3.05) is 6.61 Å². The monoisotopic (exact) mass is 427 g/mol. The van der Waals surface area contributed by atoms with Crippen molar-refractivity contribution in [1.82, 2.24) is 9.55 Å². The van der Waals surface area contributed by atoms with Crippen LogP contribution in [0, 0.1) is 19.7 Å². The minimum Gasteiger partial charge on any atom is -0.352 e. The van der Waals surface area contributed by atoms with E-state index in [0.29, 0.717) is 18.6 Å². The van der Waals surface area contributed by atoms with Gasteiger partial charge in [-0.1, -0.05) is 11.6 Å². The van der Waals surface area contributed by atoms with Crippen molar-refractivity contribution < 1.29 is 27.6 Å². The first-order valence-electron chi connectivity index (χ1n) is 9.11. The summed E-state index contributed by atoms with van der Waals surface area (Å²) >= 11 is 0. The Morgan fingerprint density at radius 3 is 2.93 bits per heavy atom. The van der Waals surface area contributed by atoms with Crippen molar-refractivity contribution in [3.8, 4) is 5.75 Å². The normalized spacial score (nSPS) is 26.2. The number of fused-ring (bicyclic) bond motifs is 1. The fraction of sp³-hybridized carbons (Fsp3) is 0.444. The molecule has 2 aliphatic rings. The molecule has 3 atom stereocenters. The summed E-state index contributed by atoms with van der Waals surface area (Å²) in [6, 6.07) is 3.87. The highest BCUT2D eigenvalue weighted by Crippen LogP contribution is 2.62. The number of benzene rings is 1. The Balaban J connectivity index is 1.40. The molecule has 1 aromatic heterocycles. The first kappa shape index (κ1) is 20.2. The minimum atomic E-state index is -3.56. The number of hydrogen-bond donors (Lipinski definition) is 2. The molecule has 0 amide bonds. The average Bonchev–Trinajstić information content (AvgIpc) is 3.13. The lowest BCUT2D eigenvalue weighted by molar-refractivity contribution is -0.0305. The highest BCUT2D eigenvalue weighted by Gasteiger charge is 2.51. The second-order valence-corrected chi connectivity index (χ2v) is 8.77. The highest BCUT2D eigenvalue weighted by molar-refractivity contribution is 7.55. The topological polar surface area (TPSA) is 112 Å². The maximum Gasteiger partial charge on any atom is 0.619 e. The van der Waals surface area contributed by atoms with Gasteiger partial charge in [-0.3, -0.25) is 18.9 Å². The van der Waals surface area contributed by atoms with E-state index >= 15 is 0 Å². The Morgan fingerprint density at radius 2 is 2.14 bits per heavy atom. The number of nitrogens with zero attached hydrogens (tertiary/aromatic N) is 1. The summed E-state index contributed by atoms with van der Waals surface area (Å²) in [7, 11) is -3.56. The van der Waals surface area contributed by atoms with Gasteiger partial charge in [-0.25, -0.2) is 4.79 Å². The van der Waals surface area contributed by atoms with Crippen LogP contribution in [0.3, 0.4) is 0 Å². The van der Waals surface area contributed by atoms with Crippen LogP contribution in [0.4, 0.5) is 4.39 Å². The van der Waals surface area contributed by atoms with Crippen LogP contribution >= 0.6 is 8.17 Å².